The maximum atomic E-state index is 13.1. The number of hydrogen-bond acceptors (Lipinski definition) is 4. The Labute approximate surface area is 144 Å². The highest BCUT2D eigenvalue weighted by molar-refractivity contribution is 5.89. The van der Waals surface area contributed by atoms with Crippen LogP contribution in [0.5, 0.6) is 0 Å². The minimum absolute atomic E-state index is 0.136. The fourth-order valence-corrected chi connectivity index (χ4v) is 2.68. The summed E-state index contributed by atoms with van der Waals surface area (Å²) in [5.74, 6) is -0.639. The van der Waals surface area contributed by atoms with Crippen LogP contribution in [0.15, 0.2) is 30.5 Å². The lowest BCUT2D eigenvalue weighted by atomic mass is 10.1. The van der Waals surface area contributed by atoms with Crippen molar-refractivity contribution >= 4 is 17.5 Å². The number of anilines is 2. The van der Waals surface area contributed by atoms with Gasteiger partial charge in [0.1, 0.15) is 11.6 Å². The van der Waals surface area contributed by atoms with Crippen molar-refractivity contribution in [1.82, 2.24) is 15.3 Å². The molecule has 1 aromatic carbocycles. The third-order valence-electron chi connectivity index (χ3n) is 3.96. The van der Waals surface area contributed by atoms with Crippen molar-refractivity contribution in [3.63, 3.8) is 0 Å². The van der Waals surface area contributed by atoms with Gasteiger partial charge in [0.05, 0.1) is 6.54 Å². The van der Waals surface area contributed by atoms with Crippen molar-refractivity contribution in [2.75, 3.05) is 23.3 Å². The predicted molar refractivity (Wildman–Crippen MR) is 90.3 cm³/mol. The summed E-state index contributed by atoms with van der Waals surface area (Å²) in [5.41, 5.74) is 0.166. The lowest BCUT2D eigenvalue weighted by molar-refractivity contribution is 0.251. The molecule has 1 fully saturated rings. The summed E-state index contributed by atoms with van der Waals surface area (Å²) in [4.78, 5) is 22.7. The molecule has 2 heterocycles. The monoisotopic (exact) mass is 347 g/mol. The first-order valence-corrected chi connectivity index (χ1v) is 8.18. The largest absolute Gasteiger partial charge is 0.357 e. The molecule has 0 saturated carbocycles. The van der Waals surface area contributed by atoms with Crippen LogP contribution in [0, 0.1) is 11.6 Å². The van der Waals surface area contributed by atoms with Gasteiger partial charge in [0, 0.05) is 31.0 Å². The second-order valence-corrected chi connectivity index (χ2v) is 5.82. The number of benzene rings is 1. The van der Waals surface area contributed by atoms with Gasteiger partial charge in [-0.15, -0.1) is 0 Å². The molecule has 1 aliphatic rings. The normalized spacial score (nSPS) is 14.2. The van der Waals surface area contributed by atoms with Crippen LogP contribution >= 0.6 is 0 Å². The Bertz CT molecular complexity index is 750. The quantitative estimate of drug-likeness (QED) is 0.892. The lowest BCUT2D eigenvalue weighted by Crippen LogP contribution is -2.31. The minimum atomic E-state index is -1.02. The van der Waals surface area contributed by atoms with Gasteiger partial charge in [-0.2, -0.15) is 0 Å². The molecule has 3 rings (SSSR count). The smallest absolute Gasteiger partial charge is 0.319 e. The molecule has 132 valence electrons. The third-order valence-corrected chi connectivity index (χ3v) is 3.96. The van der Waals surface area contributed by atoms with Gasteiger partial charge in [-0.1, -0.05) is 0 Å². The molecule has 0 atom stereocenters. The number of hydrogen-bond donors (Lipinski definition) is 2. The molecule has 0 bridgehead atoms. The van der Waals surface area contributed by atoms with Gasteiger partial charge in [-0.05, 0) is 37.5 Å². The SMILES string of the molecule is O=C(NCc1nccc(N2CCCCC2)n1)Nc1ccc(F)c(F)c1. The average molecular weight is 347 g/mol. The van der Waals surface area contributed by atoms with Crippen LogP contribution in [0.1, 0.15) is 25.1 Å². The molecule has 25 heavy (non-hydrogen) atoms. The zero-order valence-electron chi connectivity index (χ0n) is 13.6. The maximum Gasteiger partial charge on any atom is 0.319 e. The lowest BCUT2D eigenvalue weighted by Gasteiger charge is -2.27. The Hall–Kier alpha value is -2.77. The summed E-state index contributed by atoms with van der Waals surface area (Å²) in [6, 6.07) is 4.47. The van der Waals surface area contributed by atoms with E-state index in [4.69, 9.17) is 0 Å². The number of piperidine rings is 1. The van der Waals surface area contributed by atoms with E-state index < -0.39 is 17.7 Å². The first-order valence-electron chi connectivity index (χ1n) is 8.18. The Morgan fingerprint density at radius 1 is 1.12 bits per heavy atom. The summed E-state index contributed by atoms with van der Waals surface area (Å²) >= 11 is 0. The molecule has 1 saturated heterocycles. The molecule has 0 unspecified atom stereocenters. The van der Waals surface area contributed by atoms with Gasteiger partial charge in [0.2, 0.25) is 0 Å². The van der Waals surface area contributed by atoms with E-state index in [1.807, 2.05) is 6.07 Å². The van der Waals surface area contributed by atoms with Crippen molar-refractivity contribution in [2.45, 2.75) is 25.8 Å². The number of amides is 2. The molecule has 1 aromatic heterocycles. The second kappa shape index (κ2) is 7.87. The summed E-state index contributed by atoms with van der Waals surface area (Å²) in [7, 11) is 0. The Morgan fingerprint density at radius 3 is 2.68 bits per heavy atom. The number of rotatable bonds is 4. The van der Waals surface area contributed by atoms with E-state index in [1.54, 1.807) is 6.20 Å². The fraction of sp³-hybridized carbons (Fsp3) is 0.353. The van der Waals surface area contributed by atoms with Crippen LogP contribution in [0.4, 0.5) is 25.1 Å². The molecule has 2 aromatic rings. The molecular weight excluding hydrogens is 328 g/mol. The highest BCUT2D eigenvalue weighted by Gasteiger charge is 2.13. The van der Waals surface area contributed by atoms with Crippen molar-refractivity contribution < 1.29 is 13.6 Å². The molecule has 0 spiro atoms. The molecule has 2 amide bonds. The van der Waals surface area contributed by atoms with Gasteiger partial charge in [0.25, 0.3) is 0 Å². The van der Waals surface area contributed by atoms with Crippen LogP contribution in [0.25, 0.3) is 0 Å². The van der Waals surface area contributed by atoms with Crippen molar-refractivity contribution in [3.05, 3.63) is 47.9 Å². The summed E-state index contributed by atoms with van der Waals surface area (Å²) in [5, 5.41) is 5.04. The van der Waals surface area contributed by atoms with E-state index in [9.17, 15) is 13.6 Å². The number of carbonyl (C=O) groups is 1. The first-order chi connectivity index (χ1) is 12.1. The van der Waals surface area contributed by atoms with E-state index in [0.29, 0.717) is 5.82 Å². The van der Waals surface area contributed by atoms with Crippen LogP contribution in [0.3, 0.4) is 0 Å². The summed E-state index contributed by atoms with van der Waals surface area (Å²) in [6.45, 7) is 2.08. The van der Waals surface area contributed by atoms with E-state index in [2.05, 4.69) is 25.5 Å². The summed E-state index contributed by atoms with van der Waals surface area (Å²) < 4.78 is 26.0. The van der Waals surface area contributed by atoms with Crippen molar-refractivity contribution in [3.8, 4) is 0 Å². The number of carbonyl (C=O) groups excluding carboxylic acids is 1. The molecule has 1 aliphatic heterocycles. The highest BCUT2D eigenvalue weighted by atomic mass is 19.2. The predicted octanol–water partition coefficient (Wildman–Crippen LogP) is 3.07. The third kappa shape index (κ3) is 4.62. The zero-order chi connectivity index (χ0) is 17.6. The number of aromatic nitrogens is 2. The molecule has 6 nitrogen and oxygen atoms in total. The second-order valence-electron chi connectivity index (χ2n) is 5.82. The van der Waals surface area contributed by atoms with Crippen LogP contribution < -0.4 is 15.5 Å². The molecule has 8 heteroatoms. The van der Waals surface area contributed by atoms with Gasteiger partial charge in [-0.25, -0.2) is 23.5 Å². The molecular formula is C17H19F2N5O. The van der Waals surface area contributed by atoms with Gasteiger partial charge < -0.3 is 15.5 Å². The van der Waals surface area contributed by atoms with Gasteiger partial charge in [0.15, 0.2) is 11.6 Å². The number of nitrogens with one attached hydrogen (secondary N) is 2. The molecule has 0 radical (unpaired) electrons. The van der Waals surface area contributed by atoms with Gasteiger partial charge in [-0.3, -0.25) is 0 Å². The van der Waals surface area contributed by atoms with Crippen LogP contribution in [0.2, 0.25) is 0 Å². The van der Waals surface area contributed by atoms with Crippen molar-refractivity contribution in [1.29, 1.82) is 0 Å². The molecule has 0 aliphatic carbocycles. The van der Waals surface area contributed by atoms with E-state index in [1.165, 1.54) is 12.5 Å². The number of nitrogens with zero attached hydrogens (tertiary/aromatic N) is 3. The topological polar surface area (TPSA) is 70.2 Å². The van der Waals surface area contributed by atoms with Crippen LogP contribution in [-0.2, 0) is 6.54 Å². The highest BCUT2D eigenvalue weighted by Crippen LogP contribution is 2.17. The zero-order valence-corrected chi connectivity index (χ0v) is 13.6. The minimum Gasteiger partial charge on any atom is -0.357 e. The molecule has 2 N–H and O–H groups in total. The van der Waals surface area contributed by atoms with Gasteiger partial charge >= 0.3 is 6.03 Å². The van der Waals surface area contributed by atoms with Crippen LogP contribution in [-0.4, -0.2) is 29.1 Å². The fourth-order valence-electron chi connectivity index (χ4n) is 2.68. The standard InChI is InChI=1S/C17H19F2N5O/c18-13-5-4-12(10-14(13)19)22-17(25)21-11-15-20-7-6-16(23-15)24-8-2-1-3-9-24/h4-7,10H,1-3,8-9,11H2,(H2,21,22,25). The number of urea groups is 1. The van der Waals surface area contributed by atoms with E-state index in [-0.39, 0.29) is 12.2 Å². The Kier molecular flexibility index (Phi) is 5.37. The maximum absolute atomic E-state index is 13.1. The Balaban J connectivity index is 1.55. The first kappa shape index (κ1) is 17.1. The van der Waals surface area contributed by atoms with E-state index in [0.717, 1.165) is 43.9 Å². The number of halogens is 2. The average Bonchev–Trinajstić information content (AvgIpc) is 2.64. The Morgan fingerprint density at radius 2 is 1.92 bits per heavy atom. The van der Waals surface area contributed by atoms with E-state index >= 15 is 0 Å². The summed E-state index contributed by atoms with van der Waals surface area (Å²) in [6.07, 6.45) is 5.20. The van der Waals surface area contributed by atoms with Crippen molar-refractivity contribution in [2.24, 2.45) is 0 Å².